The van der Waals surface area contributed by atoms with Gasteiger partial charge in [0, 0.05) is 0 Å². The monoisotopic (exact) mass is 332 g/mol. The Balaban J connectivity index is 1.90. The first-order valence-corrected chi connectivity index (χ1v) is 10.6. The molecule has 3 rings (SSSR count). The second-order valence-electron chi connectivity index (χ2n) is 4.58. The Kier molecular flexibility index (Phi) is 3.42. The second kappa shape index (κ2) is 4.60. The first-order chi connectivity index (χ1) is 8.79. The van der Waals surface area contributed by atoms with Crippen LogP contribution < -0.4 is 10.2 Å². The molecule has 9 nitrogen and oxygen atoms in total. The summed E-state index contributed by atoms with van der Waals surface area (Å²) in [4.78, 5) is 18.7. The summed E-state index contributed by atoms with van der Waals surface area (Å²) in [6.45, 7) is 0. The normalized spacial score (nSPS) is 46.8. The van der Waals surface area contributed by atoms with E-state index >= 15 is 0 Å². The zero-order valence-electron chi connectivity index (χ0n) is 9.81. The van der Waals surface area contributed by atoms with Gasteiger partial charge in [0.2, 0.25) is 0 Å². The number of nitrogens with one attached hydrogen (secondary N) is 2. The van der Waals surface area contributed by atoms with Crippen molar-refractivity contribution >= 4 is 23.7 Å². The van der Waals surface area contributed by atoms with E-state index in [0.29, 0.717) is 0 Å². The molecule has 0 aromatic rings. The predicted molar refractivity (Wildman–Crippen MR) is 67.8 cm³/mol. The zero-order chi connectivity index (χ0) is 13.7. The van der Waals surface area contributed by atoms with Crippen LogP contribution in [0, 0.1) is 0 Å². The predicted octanol–water partition coefficient (Wildman–Crippen LogP) is 1.68. The molecule has 1 aliphatic carbocycles. The molecule has 2 fully saturated rings. The number of rotatable bonds is 0. The van der Waals surface area contributed by atoms with Crippen molar-refractivity contribution in [3.63, 3.8) is 0 Å². The summed E-state index contributed by atoms with van der Waals surface area (Å²) in [5, 5.41) is 5.79. The van der Waals surface area contributed by atoms with Crippen molar-refractivity contribution in [3.05, 3.63) is 11.8 Å². The summed E-state index contributed by atoms with van der Waals surface area (Å²) in [5.41, 5.74) is 0.783. The van der Waals surface area contributed by atoms with Crippen molar-refractivity contribution in [1.29, 1.82) is 0 Å². The van der Waals surface area contributed by atoms with Gasteiger partial charge in [0.1, 0.15) is 0 Å². The van der Waals surface area contributed by atoms with Crippen LogP contribution in [0.1, 0.15) is 25.7 Å². The van der Waals surface area contributed by atoms with E-state index in [9.17, 15) is 18.9 Å². The van der Waals surface area contributed by atoms with Crippen molar-refractivity contribution in [3.8, 4) is 0 Å². The van der Waals surface area contributed by atoms with Crippen LogP contribution in [0.5, 0.6) is 0 Å². The fraction of sp³-hybridized carbons (Fsp3) is 0.714. The van der Waals surface area contributed by atoms with Gasteiger partial charge in [0.15, 0.2) is 0 Å². The number of hydrogen-bond donors (Lipinski definition) is 4. The summed E-state index contributed by atoms with van der Waals surface area (Å²) in [7, 11) is -12.9. The van der Waals surface area contributed by atoms with Crippen LogP contribution >= 0.6 is 23.7 Å². The van der Waals surface area contributed by atoms with Crippen LogP contribution in [-0.4, -0.2) is 15.8 Å². The van der Waals surface area contributed by atoms with E-state index in [4.69, 9.17) is 8.62 Å². The first-order valence-electron chi connectivity index (χ1n) is 5.84. The average Bonchev–Trinajstić information content (AvgIpc) is 2.38. The zero-order valence-corrected chi connectivity index (χ0v) is 12.6. The van der Waals surface area contributed by atoms with E-state index in [1.54, 1.807) is 0 Å². The number of fused-ring (bicyclic) bond motifs is 1. The molecule has 0 aromatic carbocycles. The maximum absolute atomic E-state index is 11.5. The Morgan fingerprint density at radius 1 is 1.26 bits per heavy atom. The molecule has 4 N–H and O–H groups in total. The second-order valence-corrected chi connectivity index (χ2v) is 10.3. The van der Waals surface area contributed by atoms with Crippen molar-refractivity contribution in [1.82, 2.24) is 10.2 Å². The van der Waals surface area contributed by atoms with E-state index in [1.165, 1.54) is 0 Å². The third-order valence-electron chi connectivity index (χ3n) is 3.05. The van der Waals surface area contributed by atoms with Gasteiger partial charge in [-0.3, -0.25) is 0 Å². The minimum atomic E-state index is -4.62. The fourth-order valence-electron chi connectivity index (χ4n) is 2.40. The minimum absolute atomic E-state index is 0.118. The topological polar surface area (TPSA) is 126 Å². The number of allylic oxidation sites excluding steroid dienone is 1. The number of hydrogen-bond acceptors (Lipinski definition) is 7. The van der Waals surface area contributed by atoms with Crippen LogP contribution in [0.25, 0.3) is 0 Å². The Hall–Kier alpha value is 0.190. The van der Waals surface area contributed by atoms with Crippen LogP contribution in [0.2, 0.25) is 0 Å². The molecular weight excluding hydrogens is 317 g/mol. The Morgan fingerprint density at radius 3 is 2.63 bits per heavy atom. The molecule has 0 radical (unpaired) electrons. The molecule has 2 heterocycles. The molecule has 2 aliphatic heterocycles. The summed E-state index contributed by atoms with van der Waals surface area (Å²) in [5.74, 6) is 0. The van der Waals surface area contributed by atoms with E-state index in [2.05, 4.69) is 14.5 Å². The first kappa shape index (κ1) is 14.1. The van der Waals surface area contributed by atoms with E-state index in [0.717, 1.165) is 31.4 Å². The van der Waals surface area contributed by atoms with E-state index in [1.807, 2.05) is 6.08 Å². The summed E-state index contributed by atoms with van der Waals surface area (Å²) in [6.07, 6.45) is 5.65. The van der Waals surface area contributed by atoms with E-state index < -0.39 is 23.7 Å². The molecule has 0 aromatic heterocycles. The van der Waals surface area contributed by atoms with Gasteiger partial charge >= 0.3 is 109 Å². The van der Waals surface area contributed by atoms with E-state index in [-0.39, 0.29) is 6.04 Å². The van der Waals surface area contributed by atoms with Crippen LogP contribution in [0.4, 0.5) is 0 Å². The Labute approximate surface area is 110 Å². The van der Waals surface area contributed by atoms with Gasteiger partial charge in [-0.2, -0.15) is 0 Å². The quantitative estimate of drug-likeness (QED) is 0.490. The maximum atomic E-state index is 11.5. The van der Waals surface area contributed by atoms with Gasteiger partial charge in [-0.25, -0.2) is 0 Å². The van der Waals surface area contributed by atoms with Crippen molar-refractivity contribution in [2.75, 3.05) is 0 Å². The van der Waals surface area contributed by atoms with Gasteiger partial charge in [-0.05, 0) is 0 Å². The van der Waals surface area contributed by atoms with Crippen LogP contribution in [0.3, 0.4) is 0 Å². The molecular formula is C7H15N2O7P3. The summed E-state index contributed by atoms with van der Waals surface area (Å²) >= 11 is 0. The number of phosphoric acid groups is 2. The molecule has 12 heteroatoms. The standard InChI is InChI=1S/C7H15N2O7P3/c10-18(11)14-17(15-19(12,13)16-18)8-6-4-2-1-3-5-7(6)9-17/h4,7-9,17H,1-3,5H2,(H,10,11)(H,12,13)/t7-/m1/s1. The molecule has 19 heavy (non-hydrogen) atoms. The molecule has 3 atom stereocenters. The van der Waals surface area contributed by atoms with Gasteiger partial charge in [0.25, 0.3) is 0 Å². The van der Waals surface area contributed by atoms with Gasteiger partial charge in [-0.1, -0.05) is 0 Å². The molecule has 0 saturated carbocycles. The van der Waals surface area contributed by atoms with Crippen LogP contribution in [0.15, 0.2) is 11.8 Å². The average molecular weight is 332 g/mol. The molecule has 110 valence electrons. The molecule has 2 saturated heterocycles. The van der Waals surface area contributed by atoms with Crippen molar-refractivity contribution < 1.29 is 31.8 Å². The summed E-state index contributed by atoms with van der Waals surface area (Å²) in [6, 6.07) is -0.118. The third kappa shape index (κ3) is 2.95. The van der Waals surface area contributed by atoms with Crippen molar-refractivity contribution in [2.24, 2.45) is 0 Å². The third-order valence-corrected chi connectivity index (χ3v) is 9.95. The summed E-state index contributed by atoms with van der Waals surface area (Å²) < 4.78 is 36.9. The van der Waals surface area contributed by atoms with Gasteiger partial charge in [0.05, 0.1) is 0 Å². The molecule has 0 amide bonds. The fourth-order valence-corrected chi connectivity index (χ4v) is 9.61. The van der Waals surface area contributed by atoms with Crippen molar-refractivity contribution in [2.45, 2.75) is 31.7 Å². The molecule has 0 bridgehead atoms. The molecule has 1 spiro atoms. The van der Waals surface area contributed by atoms with Crippen LogP contribution in [-0.2, 0) is 22.1 Å². The van der Waals surface area contributed by atoms with Gasteiger partial charge < -0.3 is 0 Å². The molecule has 3 aliphatic rings. The molecule has 2 unspecified atom stereocenters. The SMILES string of the molecule is O=P1(O)OP(=O)(O)O[PH]2(NC3=CCCCC[C@H]3N2)O1. The van der Waals surface area contributed by atoms with Gasteiger partial charge in [-0.15, -0.1) is 0 Å². The Bertz CT molecular complexity index is 499. The Morgan fingerprint density at radius 2 is 1.95 bits per heavy atom.